The highest BCUT2D eigenvalue weighted by Gasteiger charge is 2.40. The summed E-state index contributed by atoms with van der Waals surface area (Å²) in [4.78, 5) is 12.7. The molecule has 1 fully saturated rings. The molecule has 0 spiro atoms. The number of hydrogen-bond donors (Lipinski definition) is 1. The molecule has 25 heavy (non-hydrogen) atoms. The number of amides is 1. The lowest BCUT2D eigenvalue weighted by molar-refractivity contribution is -0.119. The quantitative estimate of drug-likeness (QED) is 0.851. The number of carbonyl (C=O) groups excluding carboxylic acids is 1. The van der Waals surface area contributed by atoms with E-state index in [1.54, 1.807) is 6.07 Å². The van der Waals surface area contributed by atoms with Gasteiger partial charge in [0.2, 0.25) is 5.91 Å². The zero-order chi connectivity index (χ0) is 18.2. The maximum atomic E-state index is 12.8. The van der Waals surface area contributed by atoms with Gasteiger partial charge < -0.3 is 5.32 Å². The second kappa shape index (κ2) is 7.07. The summed E-state index contributed by atoms with van der Waals surface area (Å²) >= 11 is 6.87. The van der Waals surface area contributed by atoms with Gasteiger partial charge in [-0.3, -0.25) is 4.79 Å². The van der Waals surface area contributed by atoms with Crippen LogP contribution in [0.2, 0.25) is 4.34 Å². The lowest BCUT2D eigenvalue weighted by Crippen LogP contribution is -2.42. The Labute approximate surface area is 156 Å². The zero-order valence-corrected chi connectivity index (χ0v) is 16.3. The average molecular weight is 399 g/mol. The van der Waals surface area contributed by atoms with Crippen molar-refractivity contribution in [2.24, 2.45) is 0 Å². The van der Waals surface area contributed by atoms with Gasteiger partial charge in [0.05, 0.1) is 4.34 Å². The van der Waals surface area contributed by atoms with Crippen LogP contribution in [0.4, 0.5) is 5.69 Å². The summed E-state index contributed by atoms with van der Waals surface area (Å²) in [5, 5.41) is 2.86. The predicted octanol–water partition coefficient (Wildman–Crippen LogP) is 3.81. The molecule has 1 aliphatic rings. The van der Waals surface area contributed by atoms with Crippen molar-refractivity contribution in [2.75, 3.05) is 11.9 Å². The van der Waals surface area contributed by atoms with Crippen LogP contribution in [0.15, 0.2) is 34.5 Å². The maximum absolute atomic E-state index is 12.8. The van der Waals surface area contributed by atoms with E-state index in [1.807, 2.05) is 32.0 Å². The van der Waals surface area contributed by atoms with Crippen molar-refractivity contribution in [1.29, 1.82) is 0 Å². The van der Waals surface area contributed by atoms with Gasteiger partial charge in [-0.25, -0.2) is 8.42 Å². The van der Waals surface area contributed by atoms with Crippen molar-refractivity contribution in [3.05, 3.63) is 45.8 Å². The van der Waals surface area contributed by atoms with Crippen molar-refractivity contribution in [3.8, 4) is 0 Å². The molecule has 0 aliphatic carbocycles. The Balaban J connectivity index is 1.82. The topological polar surface area (TPSA) is 66.5 Å². The Kier molecular flexibility index (Phi) is 5.20. The molecule has 2 aromatic rings. The van der Waals surface area contributed by atoms with E-state index >= 15 is 0 Å². The van der Waals surface area contributed by atoms with Crippen LogP contribution in [-0.2, 0) is 14.8 Å². The standard InChI is InChI=1S/C17H19ClN2O3S2/c1-11-8-12(2)10-13(9-11)19-17(21)14-4-3-7-20(14)25(22,23)16-6-5-15(18)24-16/h5-6,8-10,14H,3-4,7H2,1-2H3,(H,19,21)/t14-/m1/s1. The fourth-order valence-electron chi connectivity index (χ4n) is 3.11. The third kappa shape index (κ3) is 3.89. The number of hydrogen-bond acceptors (Lipinski definition) is 4. The summed E-state index contributed by atoms with van der Waals surface area (Å²) in [5.74, 6) is -0.297. The first-order valence-electron chi connectivity index (χ1n) is 7.94. The molecule has 1 N–H and O–H groups in total. The zero-order valence-electron chi connectivity index (χ0n) is 14.0. The Morgan fingerprint density at radius 3 is 2.52 bits per heavy atom. The van der Waals surface area contributed by atoms with Gasteiger partial charge in [0.15, 0.2) is 0 Å². The number of anilines is 1. The Hall–Kier alpha value is -1.41. The van der Waals surface area contributed by atoms with Gasteiger partial charge in [-0.1, -0.05) is 17.7 Å². The largest absolute Gasteiger partial charge is 0.325 e. The van der Waals surface area contributed by atoms with E-state index in [-0.39, 0.29) is 10.1 Å². The minimum absolute atomic E-state index is 0.170. The van der Waals surface area contributed by atoms with E-state index in [0.717, 1.165) is 22.5 Å². The maximum Gasteiger partial charge on any atom is 0.253 e. The van der Waals surface area contributed by atoms with Crippen molar-refractivity contribution >= 4 is 44.6 Å². The predicted molar refractivity (Wildman–Crippen MR) is 101 cm³/mol. The molecule has 1 aromatic carbocycles. The van der Waals surface area contributed by atoms with Crippen LogP contribution in [0.25, 0.3) is 0 Å². The number of benzene rings is 1. The molecule has 1 atom stereocenters. The Morgan fingerprint density at radius 2 is 1.92 bits per heavy atom. The van der Waals surface area contributed by atoms with Crippen LogP contribution in [0.3, 0.4) is 0 Å². The normalized spacial score (nSPS) is 18.4. The van der Waals surface area contributed by atoms with Crippen molar-refractivity contribution in [3.63, 3.8) is 0 Å². The van der Waals surface area contributed by atoms with E-state index in [2.05, 4.69) is 5.32 Å². The third-order valence-electron chi connectivity index (χ3n) is 4.11. The number of nitrogens with one attached hydrogen (secondary N) is 1. The highest BCUT2D eigenvalue weighted by atomic mass is 35.5. The summed E-state index contributed by atoms with van der Waals surface area (Å²) in [6.45, 7) is 4.24. The third-order valence-corrected chi connectivity index (χ3v) is 7.71. The first kappa shape index (κ1) is 18.4. The number of carbonyl (C=O) groups is 1. The molecule has 1 amide bonds. The number of halogens is 1. The molecule has 5 nitrogen and oxygen atoms in total. The molecule has 8 heteroatoms. The molecular weight excluding hydrogens is 380 g/mol. The van der Waals surface area contributed by atoms with Crippen LogP contribution in [0.1, 0.15) is 24.0 Å². The Morgan fingerprint density at radius 1 is 1.24 bits per heavy atom. The molecule has 1 saturated heterocycles. The minimum Gasteiger partial charge on any atom is -0.325 e. The molecule has 0 radical (unpaired) electrons. The van der Waals surface area contributed by atoms with Crippen molar-refractivity contribution in [2.45, 2.75) is 36.9 Å². The smallest absolute Gasteiger partial charge is 0.253 e. The summed E-state index contributed by atoms with van der Waals surface area (Å²) in [5.41, 5.74) is 2.77. The fraction of sp³-hybridized carbons (Fsp3) is 0.353. The van der Waals surface area contributed by atoms with Crippen LogP contribution in [-0.4, -0.2) is 31.2 Å². The van der Waals surface area contributed by atoms with E-state index in [9.17, 15) is 13.2 Å². The highest BCUT2D eigenvalue weighted by Crippen LogP contribution is 2.32. The van der Waals surface area contributed by atoms with Crippen LogP contribution >= 0.6 is 22.9 Å². The molecule has 3 rings (SSSR count). The van der Waals surface area contributed by atoms with Gasteiger partial charge in [0, 0.05) is 12.2 Å². The summed E-state index contributed by atoms with van der Waals surface area (Å²) in [6.07, 6.45) is 1.16. The lowest BCUT2D eigenvalue weighted by atomic mass is 10.1. The molecule has 0 saturated carbocycles. The van der Waals surface area contributed by atoms with Gasteiger partial charge in [0.25, 0.3) is 10.0 Å². The lowest BCUT2D eigenvalue weighted by Gasteiger charge is -2.22. The Bertz CT molecular complexity index is 888. The summed E-state index contributed by atoms with van der Waals surface area (Å²) in [6, 6.07) is 8.10. The number of sulfonamides is 1. The summed E-state index contributed by atoms with van der Waals surface area (Å²) < 4.78 is 27.5. The van der Waals surface area contributed by atoms with Crippen molar-refractivity contribution < 1.29 is 13.2 Å². The summed E-state index contributed by atoms with van der Waals surface area (Å²) in [7, 11) is -3.71. The van der Waals surface area contributed by atoms with Crippen LogP contribution in [0.5, 0.6) is 0 Å². The second-order valence-electron chi connectivity index (χ2n) is 6.20. The van der Waals surface area contributed by atoms with Crippen LogP contribution < -0.4 is 5.32 Å². The van der Waals surface area contributed by atoms with Gasteiger partial charge in [-0.05, 0) is 62.1 Å². The van der Waals surface area contributed by atoms with E-state index < -0.39 is 16.1 Å². The number of rotatable bonds is 4. The second-order valence-corrected chi connectivity index (χ2v) is 10.0. The molecule has 2 heterocycles. The van der Waals surface area contributed by atoms with Crippen molar-refractivity contribution in [1.82, 2.24) is 4.31 Å². The monoisotopic (exact) mass is 398 g/mol. The van der Waals surface area contributed by atoms with Crippen LogP contribution in [0, 0.1) is 13.8 Å². The SMILES string of the molecule is Cc1cc(C)cc(NC(=O)[C@H]2CCCN2S(=O)(=O)c2ccc(Cl)s2)c1. The average Bonchev–Trinajstić information content (AvgIpc) is 3.15. The number of nitrogens with zero attached hydrogens (tertiary/aromatic N) is 1. The molecule has 0 bridgehead atoms. The highest BCUT2D eigenvalue weighted by molar-refractivity contribution is 7.91. The van der Waals surface area contributed by atoms with E-state index in [1.165, 1.54) is 10.4 Å². The number of thiophene rings is 1. The molecule has 0 unspecified atom stereocenters. The molecule has 1 aromatic heterocycles. The minimum atomic E-state index is -3.71. The molecule has 134 valence electrons. The molecule has 1 aliphatic heterocycles. The van der Waals surface area contributed by atoms with Gasteiger partial charge in [0.1, 0.15) is 10.3 Å². The van der Waals surface area contributed by atoms with Gasteiger partial charge in [-0.2, -0.15) is 4.31 Å². The fourth-order valence-corrected chi connectivity index (χ4v) is 6.38. The first-order valence-corrected chi connectivity index (χ1v) is 10.6. The van der Waals surface area contributed by atoms with E-state index in [0.29, 0.717) is 29.4 Å². The van der Waals surface area contributed by atoms with Gasteiger partial charge >= 0.3 is 0 Å². The van der Waals surface area contributed by atoms with Gasteiger partial charge in [-0.15, -0.1) is 11.3 Å². The molecular formula is C17H19ClN2O3S2. The first-order chi connectivity index (χ1) is 11.8. The number of aryl methyl sites for hydroxylation is 2. The van der Waals surface area contributed by atoms with E-state index in [4.69, 9.17) is 11.6 Å².